The molecule has 0 amide bonds. The Labute approximate surface area is 137 Å². The van der Waals surface area contributed by atoms with Gasteiger partial charge in [-0.1, -0.05) is 23.4 Å². The van der Waals surface area contributed by atoms with E-state index >= 15 is 0 Å². The van der Waals surface area contributed by atoms with E-state index in [1.807, 2.05) is 0 Å². The van der Waals surface area contributed by atoms with Gasteiger partial charge in [0.1, 0.15) is 4.88 Å². The quantitative estimate of drug-likeness (QED) is 0.873. The van der Waals surface area contributed by atoms with E-state index in [4.69, 9.17) is 9.63 Å². The van der Waals surface area contributed by atoms with Crippen molar-refractivity contribution in [3.8, 4) is 11.6 Å². The van der Waals surface area contributed by atoms with E-state index in [9.17, 15) is 9.90 Å². The second kappa shape index (κ2) is 7.51. The molecular weight excluding hydrogens is 320 g/mol. The molecule has 2 aromatic rings. The van der Waals surface area contributed by atoms with E-state index in [1.165, 1.54) is 11.3 Å². The van der Waals surface area contributed by atoms with Gasteiger partial charge in [-0.25, -0.2) is 9.78 Å². The van der Waals surface area contributed by atoms with Gasteiger partial charge < -0.3 is 19.6 Å². The van der Waals surface area contributed by atoms with Crippen molar-refractivity contribution in [1.82, 2.24) is 15.1 Å². The van der Waals surface area contributed by atoms with E-state index in [0.717, 1.165) is 33.0 Å². The number of aromatic nitrogens is 3. The fourth-order valence-electron chi connectivity index (χ4n) is 2.33. The van der Waals surface area contributed by atoms with Gasteiger partial charge in [-0.3, -0.25) is 0 Å². The number of carboxylic acids is 1. The van der Waals surface area contributed by atoms with Crippen molar-refractivity contribution in [3.63, 3.8) is 0 Å². The minimum absolute atomic E-state index is 0.146. The van der Waals surface area contributed by atoms with Gasteiger partial charge in [0.25, 0.3) is 5.89 Å². The summed E-state index contributed by atoms with van der Waals surface area (Å²) in [5.41, 5.74) is 0.265. The average Bonchev–Trinajstić information content (AvgIpc) is 3.16. The Hall–Kier alpha value is -2.00. The number of hydrogen-bond donors (Lipinski definition) is 2. The monoisotopic (exact) mass is 340 g/mol. The molecule has 0 radical (unpaired) electrons. The summed E-state index contributed by atoms with van der Waals surface area (Å²) in [5.74, 6) is 0.314. The summed E-state index contributed by atoms with van der Waals surface area (Å²) in [6.45, 7) is 5.72. The Balaban J connectivity index is 0.000000924. The fourth-order valence-corrected chi connectivity index (χ4v) is 3.28. The van der Waals surface area contributed by atoms with Crippen LogP contribution in [0.2, 0.25) is 0 Å². The Bertz CT molecular complexity index is 662. The van der Waals surface area contributed by atoms with Crippen molar-refractivity contribution >= 4 is 22.4 Å². The van der Waals surface area contributed by atoms with Crippen LogP contribution in [-0.4, -0.2) is 51.5 Å². The molecule has 23 heavy (non-hydrogen) atoms. The summed E-state index contributed by atoms with van der Waals surface area (Å²) >= 11 is 1.17. The molecule has 3 heterocycles. The number of hydrogen-bond acceptors (Lipinski definition) is 8. The van der Waals surface area contributed by atoms with Crippen molar-refractivity contribution in [1.29, 1.82) is 0 Å². The summed E-state index contributed by atoms with van der Waals surface area (Å²) in [4.78, 5) is 22.2. The number of carboxylic acid groups (broad SMARTS) is 1. The number of thiazole rings is 1. The molecule has 0 spiro atoms. The summed E-state index contributed by atoms with van der Waals surface area (Å²) in [6, 6.07) is 0. The standard InChI is InChI=1S/C13H16N4O3S.CH4O/c1-7-3-5-17(6-4-7)13-15-9(10(21-13)12(18)19)11-14-8(2)16-20-11;1-2/h7H,3-6H2,1-2H3,(H,18,19);2H,1H3. The maximum absolute atomic E-state index is 11.4. The molecule has 0 aromatic carbocycles. The third kappa shape index (κ3) is 3.85. The zero-order valence-corrected chi connectivity index (χ0v) is 14.1. The molecule has 0 unspecified atom stereocenters. The Morgan fingerprint density at radius 1 is 1.30 bits per heavy atom. The first kappa shape index (κ1) is 17.4. The smallest absolute Gasteiger partial charge is 0.348 e. The van der Waals surface area contributed by atoms with Crippen LogP contribution in [-0.2, 0) is 0 Å². The molecular formula is C14H20N4O4S. The largest absolute Gasteiger partial charge is 0.477 e. The van der Waals surface area contributed by atoms with Gasteiger partial charge in [0, 0.05) is 20.2 Å². The molecule has 0 atom stereocenters. The maximum Gasteiger partial charge on any atom is 0.348 e. The molecule has 126 valence electrons. The third-order valence-electron chi connectivity index (χ3n) is 3.59. The number of piperidine rings is 1. The lowest BCUT2D eigenvalue weighted by atomic mass is 10.00. The van der Waals surface area contributed by atoms with Crippen LogP contribution in [0.4, 0.5) is 5.13 Å². The molecule has 0 bridgehead atoms. The Kier molecular flexibility index (Phi) is 5.67. The molecule has 3 rings (SSSR count). The number of carbonyl (C=O) groups is 1. The van der Waals surface area contributed by atoms with E-state index in [-0.39, 0.29) is 16.5 Å². The normalized spacial score (nSPS) is 15.2. The van der Waals surface area contributed by atoms with Crippen molar-refractivity contribution in [2.75, 3.05) is 25.1 Å². The molecule has 8 nitrogen and oxygen atoms in total. The number of aromatic carboxylic acids is 1. The number of anilines is 1. The second-order valence-corrected chi connectivity index (χ2v) is 6.27. The zero-order chi connectivity index (χ0) is 17.0. The van der Waals surface area contributed by atoms with Crippen molar-refractivity contribution in [2.24, 2.45) is 5.92 Å². The lowest BCUT2D eigenvalue weighted by Gasteiger charge is -2.29. The van der Waals surface area contributed by atoms with E-state index in [0.29, 0.717) is 16.9 Å². The summed E-state index contributed by atoms with van der Waals surface area (Å²) in [5, 5.41) is 20.8. The van der Waals surface area contributed by atoms with Crippen molar-refractivity contribution in [3.05, 3.63) is 10.7 Å². The molecule has 0 saturated carbocycles. The Morgan fingerprint density at radius 3 is 2.48 bits per heavy atom. The predicted molar refractivity (Wildman–Crippen MR) is 85.9 cm³/mol. The molecule has 9 heteroatoms. The fraction of sp³-hybridized carbons (Fsp3) is 0.571. The van der Waals surface area contributed by atoms with Gasteiger partial charge in [-0.2, -0.15) is 4.98 Å². The van der Waals surface area contributed by atoms with E-state index in [1.54, 1.807) is 6.92 Å². The molecule has 2 aromatic heterocycles. The van der Waals surface area contributed by atoms with Crippen molar-refractivity contribution in [2.45, 2.75) is 26.7 Å². The summed E-state index contributed by atoms with van der Waals surface area (Å²) in [7, 11) is 1.00. The van der Waals surface area contributed by atoms with E-state index in [2.05, 4.69) is 26.9 Å². The van der Waals surface area contributed by atoms with Gasteiger partial charge in [0.15, 0.2) is 16.6 Å². The van der Waals surface area contributed by atoms with Gasteiger partial charge >= 0.3 is 5.97 Å². The number of aryl methyl sites for hydroxylation is 1. The number of rotatable bonds is 3. The molecule has 1 fully saturated rings. The van der Waals surface area contributed by atoms with Gasteiger partial charge in [-0.05, 0) is 25.7 Å². The highest BCUT2D eigenvalue weighted by Crippen LogP contribution is 2.34. The molecule has 2 N–H and O–H groups in total. The first-order chi connectivity index (χ1) is 11.0. The minimum Gasteiger partial charge on any atom is -0.477 e. The lowest BCUT2D eigenvalue weighted by molar-refractivity contribution is 0.0702. The van der Waals surface area contributed by atoms with Crippen LogP contribution in [0.1, 0.15) is 35.3 Å². The van der Waals surface area contributed by atoms with Crippen LogP contribution >= 0.6 is 11.3 Å². The molecule has 0 aliphatic carbocycles. The first-order valence-corrected chi connectivity index (χ1v) is 8.10. The van der Waals surface area contributed by atoms with Crippen LogP contribution < -0.4 is 4.90 Å². The van der Waals surface area contributed by atoms with Crippen LogP contribution in [0.15, 0.2) is 4.52 Å². The maximum atomic E-state index is 11.4. The van der Waals surface area contributed by atoms with Gasteiger partial charge in [-0.15, -0.1) is 0 Å². The lowest BCUT2D eigenvalue weighted by Crippen LogP contribution is -2.32. The van der Waals surface area contributed by atoms with Crippen LogP contribution in [0, 0.1) is 12.8 Å². The molecule has 1 aliphatic heterocycles. The van der Waals surface area contributed by atoms with Crippen LogP contribution in [0.25, 0.3) is 11.6 Å². The number of aliphatic hydroxyl groups excluding tert-OH is 1. The molecule has 1 aliphatic rings. The zero-order valence-electron chi connectivity index (χ0n) is 13.3. The summed E-state index contributed by atoms with van der Waals surface area (Å²) < 4.78 is 5.06. The minimum atomic E-state index is -1.02. The Morgan fingerprint density at radius 2 is 1.96 bits per heavy atom. The topological polar surface area (TPSA) is 113 Å². The van der Waals surface area contributed by atoms with Crippen LogP contribution in [0.3, 0.4) is 0 Å². The number of nitrogens with zero attached hydrogens (tertiary/aromatic N) is 4. The van der Waals surface area contributed by atoms with Crippen molar-refractivity contribution < 1.29 is 19.5 Å². The average molecular weight is 340 g/mol. The number of aliphatic hydroxyl groups is 1. The highest BCUT2D eigenvalue weighted by Gasteiger charge is 2.26. The SMILES string of the molecule is CO.Cc1noc(-c2nc(N3CCC(C)CC3)sc2C(=O)O)n1. The van der Waals surface area contributed by atoms with E-state index < -0.39 is 5.97 Å². The second-order valence-electron chi connectivity index (χ2n) is 5.30. The third-order valence-corrected chi connectivity index (χ3v) is 4.70. The highest BCUT2D eigenvalue weighted by atomic mass is 32.1. The summed E-state index contributed by atoms with van der Waals surface area (Å²) in [6.07, 6.45) is 2.19. The van der Waals surface area contributed by atoms with Gasteiger partial charge in [0.2, 0.25) is 0 Å². The van der Waals surface area contributed by atoms with Gasteiger partial charge in [0.05, 0.1) is 0 Å². The first-order valence-electron chi connectivity index (χ1n) is 7.29. The predicted octanol–water partition coefficient (Wildman–Crippen LogP) is 2.04. The molecule has 1 saturated heterocycles. The van der Waals surface area contributed by atoms with Crippen LogP contribution in [0.5, 0.6) is 0 Å². The highest BCUT2D eigenvalue weighted by molar-refractivity contribution is 7.17.